The number of aliphatic carboxylic acids is 1. The minimum Gasteiger partial charge on any atom is -0.493 e. The van der Waals surface area contributed by atoms with E-state index in [0.29, 0.717) is 66.4 Å². The molecule has 45 heavy (non-hydrogen) atoms. The number of alkyl halides is 3. The molecule has 4 N–H and O–H groups in total. The van der Waals surface area contributed by atoms with Gasteiger partial charge in [-0.1, -0.05) is 0 Å². The van der Waals surface area contributed by atoms with Gasteiger partial charge in [0.1, 0.15) is 29.8 Å². The summed E-state index contributed by atoms with van der Waals surface area (Å²) in [5.74, 6) is -0.509. The van der Waals surface area contributed by atoms with Crippen molar-refractivity contribution in [2.45, 2.75) is 58.3 Å². The van der Waals surface area contributed by atoms with E-state index < -0.39 is 17.7 Å². The molecule has 4 heterocycles. The zero-order chi connectivity index (χ0) is 32.1. The number of hydrogen-bond donors (Lipinski definition) is 3. The first-order valence-corrected chi connectivity index (χ1v) is 15.8. The molecule has 15 heteroatoms. The second-order valence-electron chi connectivity index (χ2n) is 11.1. The van der Waals surface area contributed by atoms with Crippen LogP contribution in [0.5, 0.6) is 5.75 Å². The predicted octanol–water partition coefficient (Wildman–Crippen LogP) is 5.08. The van der Waals surface area contributed by atoms with Gasteiger partial charge in [-0.15, -0.1) is 11.3 Å². The van der Waals surface area contributed by atoms with Crippen LogP contribution in [0.4, 0.5) is 24.1 Å². The fraction of sp³-hybridized carbons (Fsp3) is 0.500. The molecule has 0 radical (unpaired) electrons. The van der Waals surface area contributed by atoms with Gasteiger partial charge in [0.25, 0.3) is 0 Å². The van der Waals surface area contributed by atoms with E-state index in [9.17, 15) is 23.1 Å². The molecule has 2 saturated heterocycles. The van der Waals surface area contributed by atoms with Crippen LogP contribution in [-0.4, -0.2) is 75.7 Å². The molecule has 0 spiro atoms. The Morgan fingerprint density at radius 3 is 2.60 bits per heavy atom. The molecule has 1 aromatic carbocycles. The van der Waals surface area contributed by atoms with Crippen molar-refractivity contribution in [1.29, 1.82) is 0 Å². The number of nitrogens with zero attached hydrogens (tertiary/aromatic N) is 6. The molecule has 0 aliphatic carbocycles. The maximum atomic E-state index is 13.9. The first-order chi connectivity index (χ1) is 21.5. The van der Waals surface area contributed by atoms with Crippen LogP contribution >= 0.6 is 11.3 Å². The van der Waals surface area contributed by atoms with Gasteiger partial charge >= 0.3 is 12.1 Å². The number of amidine groups is 1. The Morgan fingerprint density at radius 2 is 1.98 bits per heavy atom. The molecular formula is C30H37F3N8O3S. The van der Waals surface area contributed by atoms with E-state index in [1.165, 1.54) is 23.6 Å². The Bertz CT molecular complexity index is 1510. The summed E-state index contributed by atoms with van der Waals surface area (Å²) in [6, 6.07) is 4.44. The fourth-order valence-corrected chi connectivity index (χ4v) is 6.60. The second-order valence-corrected chi connectivity index (χ2v) is 12.2. The first kappa shape index (κ1) is 32.4. The number of rotatable bonds is 11. The summed E-state index contributed by atoms with van der Waals surface area (Å²) in [6.07, 6.45) is 1.78. The summed E-state index contributed by atoms with van der Waals surface area (Å²) in [4.78, 5) is 34.2. The van der Waals surface area contributed by atoms with E-state index in [1.807, 2.05) is 4.90 Å². The zero-order valence-corrected chi connectivity index (χ0v) is 26.0. The lowest BCUT2D eigenvalue weighted by molar-refractivity contribution is -0.142. The van der Waals surface area contributed by atoms with Gasteiger partial charge in [0, 0.05) is 36.1 Å². The van der Waals surface area contributed by atoms with Crippen molar-refractivity contribution in [2.75, 3.05) is 43.1 Å². The number of nitrogens with one attached hydrogen (secondary N) is 1. The highest BCUT2D eigenvalue weighted by Crippen LogP contribution is 2.41. The predicted molar refractivity (Wildman–Crippen MR) is 167 cm³/mol. The Labute approximate surface area is 263 Å². The van der Waals surface area contributed by atoms with Crippen molar-refractivity contribution in [1.82, 2.24) is 19.9 Å². The van der Waals surface area contributed by atoms with Crippen molar-refractivity contribution in [3.8, 4) is 17.0 Å². The smallest absolute Gasteiger partial charge is 0.419 e. The van der Waals surface area contributed by atoms with Crippen molar-refractivity contribution >= 4 is 34.1 Å². The number of benzene rings is 1. The SMILES string of the molecule is CCOc1ccc(-c2nc(NCN=C(N)c3cnc(N4CCC(C(=O)O)CC4)cn3)sc2CN2CCC[C@H]2C)cc1C(F)(F)F. The lowest BCUT2D eigenvalue weighted by Gasteiger charge is -2.30. The van der Waals surface area contributed by atoms with Gasteiger partial charge in [-0.25, -0.2) is 19.9 Å². The van der Waals surface area contributed by atoms with Gasteiger partial charge in [0.2, 0.25) is 0 Å². The number of halogens is 3. The van der Waals surface area contributed by atoms with Gasteiger partial charge in [-0.2, -0.15) is 13.2 Å². The van der Waals surface area contributed by atoms with Crippen LogP contribution in [0.1, 0.15) is 55.7 Å². The van der Waals surface area contributed by atoms with Crippen LogP contribution in [0.25, 0.3) is 11.3 Å². The van der Waals surface area contributed by atoms with Crippen molar-refractivity contribution in [3.63, 3.8) is 0 Å². The highest BCUT2D eigenvalue weighted by atomic mass is 32.1. The molecule has 1 atom stereocenters. The maximum Gasteiger partial charge on any atom is 0.419 e. The fourth-order valence-electron chi connectivity index (χ4n) is 5.60. The topological polar surface area (TPSA) is 142 Å². The molecule has 2 aliphatic heterocycles. The number of aliphatic imine (C=N–C) groups is 1. The molecule has 2 aliphatic rings. The van der Waals surface area contributed by atoms with Gasteiger partial charge < -0.3 is 25.8 Å². The monoisotopic (exact) mass is 646 g/mol. The van der Waals surface area contributed by atoms with E-state index in [1.54, 1.807) is 19.2 Å². The minimum atomic E-state index is -4.58. The van der Waals surface area contributed by atoms with E-state index in [4.69, 9.17) is 10.5 Å². The number of piperidine rings is 1. The van der Waals surface area contributed by atoms with Crippen LogP contribution in [0.3, 0.4) is 0 Å². The summed E-state index contributed by atoms with van der Waals surface area (Å²) in [5.41, 5.74) is 6.58. The number of nitrogens with two attached hydrogens (primary N) is 1. The number of carbonyl (C=O) groups is 1. The van der Waals surface area contributed by atoms with E-state index in [2.05, 4.69) is 37.1 Å². The van der Waals surface area contributed by atoms with Crippen LogP contribution in [0.15, 0.2) is 35.6 Å². The molecule has 0 saturated carbocycles. The third-order valence-electron chi connectivity index (χ3n) is 8.14. The van der Waals surface area contributed by atoms with Gasteiger partial charge in [-0.3, -0.25) is 9.69 Å². The molecule has 0 bridgehead atoms. The van der Waals surface area contributed by atoms with Crippen molar-refractivity contribution in [3.05, 3.63) is 46.7 Å². The molecular weight excluding hydrogens is 609 g/mol. The second kappa shape index (κ2) is 14.0. The lowest BCUT2D eigenvalue weighted by atomic mass is 9.97. The standard InChI is InChI=1S/C30H37F3N8O3S/c1-3-44-23-7-6-20(13-21(23)30(31,32)33)26-24(16-41-10-4-5-18(41)2)45-29(39-26)38-17-37-27(34)22-14-36-25(15-35-22)40-11-8-19(9-12-40)28(42)43/h6-7,13-15,18-19H,3-5,8-12,16-17H2,1-2H3,(H2,34,37)(H,38,39)(H,42,43)/t18-/m1/s1. The number of likely N-dealkylation sites (tertiary alicyclic amines) is 1. The molecule has 11 nitrogen and oxygen atoms in total. The molecule has 2 aromatic heterocycles. The number of hydrogen-bond acceptors (Lipinski definition) is 10. The van der Waals surface area contributed by atoms with Crippen LogP contribution in [-0.2, 0) is 17.5 Å². The summed E-state index contributed by atoms with van der Waals surface area (Å²) in [7, 11) is 0. The average Bonchev–Trinajstić information content (AvgIpc) is 3.62. The largest absolute Gasteiger partial charge is 0.493 e. The zero-order valence-electron chi connectivity index (χ0n) is 25.2. The molecule has 0 amide bonds. The highest BCUT2D eigenvalue weighted by Gasteiger charge is 2.35. The highest BCUT2D eigenvalue weighted by molar-refractivity contribution is 7.16. The van der Waals surface area contributed by atoms with E-state index in [-0.39, 0.29) is 30.8 Å². The van der Waals surface area contributed by atoms with Crippen LogP contribution in [0, 0.1) is 5.92 Å². The molecule has 242 valence electrons. The number of carboxylic acid groups (broad SMARTS) is 1. The maximum absolute atomic E-state index is 13.9. The minimum absolute atomic E-state index is 0.0710. The van der Waals surface area contributed by atoms with Crippen LogP contribution in [0.2, 0.25) is 0 Å². The summed E-state index contributed by atoms with van der Waals surface area (Å²) < 4.78 is 47.0. The third-order valence-corrected chi connectivity index (χ3v) is 9.14. The van der Waals surface area contributed by atoms with Gasteiger partial charge in [0.15, 0.2) is 5.13 Å². The number of carboxylic acids is 1. The Kier molecular flexibility index (Phi) is 10.1. The summed E-state index contributed by atoms with van der Waals surface area (Å²) in [6.45, 7) is 6.65. The quantitative estimate of drug-likeness (QED) is 0.191. The number of ether oxygens (including phenoxy) is 1. The molecule has 2 fully saturated rings. The Balaban J connectivity index is 1.30. The Morgan fingerprint density at radius 1 is 1.20 bits per heavy atom. The Hall–Kier alpha value is -3.98. The van der Waals surface area contributed by atoms with Crippen molar-refractivity contribution < 1.29 is 27.8 Å². The molecule has 5 rings (SSSR count). The molecule has 3 aromatic rings. The summed E-state index contributed by atoms with van der Waals surface area (Å²) in [5, 5.41) is 12.9. The first-order valence-electron chi connectivity index (χ1n) is 15.0. The molecule has 0 unspecified atom stereocenters. The number of thiazole rings is 1. The average molecular weight is 647 g/mol. The summed E-state index contributed by atoms with van der Waals surface area (Å²) >= 11 is 1.38. The van der Waals surface area contributed by atoms with E-state index in [0.717, 1.165) is 30.3 Å². The van der Waals surface area contributed by atoms with Crippen LogP contribution < -0.4 is 20.7 Å². The number of aromatic nitrogens is 3. The van der Waals surface area contributed by atoms with Gasteiger partial charge in [-0.05, 0) is 64.3 Å². The number of anilines is 2. The van der Waals surface area contributed by atoms with E-state index >= 15 is 0 Å². The lowest BCUT2D eigenvalue weighted by Crippen LogP contribution is -2.36. The van der Waals surface area contributed by atoms with Gasteiger partial charge in [0.05, 0.1) is 36.2 Å². The van der Waals surface area contributed by atoms with Crippen molar-refractivity contribution in [2.24, 2.45) is 16.6 Å². The normalized spacial score (nSPS) is 18.4. The third kappa shape index (κ3) is 7.82.